The number of hydrogen-bond donors (Lipinski definition) is 1. The molecule has 100 valence electrons. The van der Waals surface area contributed by atoms with Gasteiger partial charge in [0, 0.05) is 20.1 Å². The fraction of sp³-hybridized carbons (Fsp3) is 0.667. The monoisotopic (exact) mass is 253 g/mol. The molecule has 1 aliphatic heterocycles. The van der Waals surface area contributed by atoms with E-state index >= 15 is 0 Å². The fourth-order valence-electron chi connectivity index (χ4n) is 2.28. The molecule has 0 saturated carbocycles. The van der Waals surface area contributed by atoms with Crippen LogP contribution >= 0.6 is 0 Å². The molecule has 6 heteroatoms. The zero-order chi connectivity index (χ0) is 13.3. The molecule has 0 radical (unpaired) electrons. The summed E-state index contributed by atoms with van der Waals surface area (Å²) in [6.45, 7) is 4.65. The average Bonchev–Trinajstić information content (AvgIpc) is 2.66. The van der Waals surface area contributed by atoms with Crippen LogP contribution in [0.2, 0.25) is 0 Å². The number of hydrogen-bond acceptors (Lipinski definition) is 4. The van der Waals surface area contributed by atoms with Gasteiger partial charge in [-0.25, -0.2) is 0 Å². The van der Waals surface area contributed by atoms with Crippen LogP contribution in [0.4, 0.5) is 0 Å². The fourth-order valence-corrected chi connectivity index (χ4v) is 2.28. The predicted octanol–water partition coefficient (Wildman–Crippen LogP) is -0.0497. The van der Waals surface area contributed by atoms with Gasteiger partial charge in [-0.1, -0.05) is 0 Å². The molecule has 1 N–H and O–H groups in total. The van der Waals surface area contributed by atoms with E-state index in [0.29, 0.717) is 18.8 Å². The summed E-state index contributed by atoms with van der Waals surface area (Å²) in [7, 11) is 1.76. The number of aryl methyl sites for hydroxylation is 2. The van der Waals surface area contributed by atoms with Gasteiger partial charge in [0.25, 0.3) is 5.91 Å². The van der Waals surface area contributed by atoms with Crippen molar-refractivity contribution in [2.45, 2.75) is 26.1 Å². The van der Waals surface area contributed by atoms with Crippen LogP contribution in [0, 0.1) is 6.92 Å². The minimum atomic E-state index is -0.299. The molecule has 2 atom stereocenters. The summed E-state index contributed by atoms with van der Waals surface area (Å²) < 4.78 is 7.11. The van der Waals surface area contributed by atoms with E-state index in [9.17, 15) is 4.79 Å². The maximum atomic E-state index is 12.4. The summed E-state index contributed by atoms with van der Waals surface area (Å²) >= 11 is 0. The van der Waals surface area contributed by atoms with Crippen molar-refractivity contribution in [1.82, 2.24) is 14.7 Å². The van der Waals surface area contributed by atoms with Crippen LogP contribution in [-0.4, -0.2) is 57.6 Å². The minimum absolute atomic E-state index is 0.0609. The highest BCUT2D eigenvalue weighted by atomic mass is 16.5. The summed E-state index contributed by atoms with van der Waals surface area (Å²) in [5.74, 6) is -0.0632. The third kappa shape index (κ3) is 2.54. The Morgan fingerprint density at radius 3 is 2.89 bits per heavy atom. The SMILES string of the molecule is Cc1cc(C(=O)N2CC(C)OC(CO)C2)n(C)n1. The van der Waals surface area contributed by atoms with E-state index in [1.807, 2.05) is 13.8 Å². The minimum Gasteiger partial charge on any atom is -0.394 e. The molecular formula is C12H19N3O3. The summed E-state index contributed by atoms with van der Waals surface area (Å²) in [5.41, 5.74) is 1.39. The van der Waals surface area contributed by atoms with Crippen molar-refractivity contribution in [3.8, 4) is 0 Å². The van der Waals surface area contributed by atoms with Gasteiger partial charge in [0.15, 0.2) is 0 Å². The summed E-state index contributed by atoms with van der Waals surface area (Å²) in [6, 6.07) is 1.77. The molecule has 6 nitrogen and oxygen atoms in total. The van der Waals surface area contributed by atoms with Gasteiger partial charge in [0.05, 0.1) is 24.5 Å². The van der Waals surface area contributed by atoms with E-state index in [2.05, 4.69) is 5.10 Å². The van der Waals surface area contributed by atoms with E-state index < -0.39 is 0 Å². The van der Waals surface area contributed by atoms with Crippen LogP contribution in [0.5, 0.6) is 0 Å². The molecular weight excluding hydrogens is 234 g/mol. The molecule has 1 amide bonds. The number of nitrogens with zero attached hydrogens (tertiary/aromatic N) is 3. The van der Waals surface area contributed by atoms with Crippen molar-refractivity contribution in [2.24, 2.45) is 7.05 Å². The normalized spacial score (nSPS) is 24.3. The highest BCUT2D eigenvalue weighted by Crippen LogP contribution is 2.14. The Morgan fingerprint density at radius 2 is 2.33 bits per heavy atom. The van der Waals surface area contributed by atoms with Crippen LogP contribution in [0.25, 0.3) is 0 Å². The van der Waals surface area contributed by atoms with Crippen molar-refractivity contribution in [2.75, 3.05) is 19.7 Å². The third-order valence-corrected chi connectivity index (χ3v) is 3.04. The van der Waals surface area contributed by atoms with Gasteiger partial charge in [-0.3, -0.25) is 9.48 Å². The van der Waals surface area contributed by atoms with Gasteiger partial charge in [-0.05, 0) is 19.9 Å². The predicted molar refractivity (Wildman–Crippen MR) is 65.3 cm³/mol. The lowest BCUT2D eigenvalue weighted by atomic mass is 10.2. The Kier molecular flexibility index (Phi) is 3.68. The standard InChI is InChI=1S/C12H19N3O3/c1-8-4-11(14(3)13-8)12(17)15-5-9(2)18-10(6-15)7-16/h4,9-10,16H,5-7H2,1-3H3. The Bertz CT molecular complexity index is 444. The molecule has 2 rings (SSSR count). The van der Waals surface area contributed by atoms with E-state index in [0.717, 1.165) is 5.69 Å². The molecule has 0 aromatic carbocycles. The molecule has 0 bridgehead atoms. The highest BCUT2D eigenvalue weighted by molar-refractivity contribution is 5.92. The van der Waals surface area contributed by atoms with E-state index in [1.165, 1.54) is 0 Å². The molecule has 0 spiro atoms. The van der Waals surface area contributed by atoms with Gasteiger partial charge in [0.2, 0.25) is 0 Å². The summed E-state index contributed by atoms with van der Waals surface area (Å²) in [5, 5.41) is 13.3. The third-order valence-electron chi connectivity index (χ3n) is 3.04. The van der Waals surface area contributed by atoms with Crippen LogP contribution in [0.1, 0.15) is 23.1 Å². The topological polar surface area (TPSA) is 67.6 Å². The lowest BCUT2D eigenvalue weighted by molar-refractivity contribution is -0.0860. The maximum absolute atomic E-state index is 12.4. The zero-order valence-corrected chi connectivity index (χ0v) is 11.0. The Labute approximate surface area is 106 Å². The molecule has 2 unspecified atom stereocenters. The van der Waals surface area contributed by atoms with Gasteiger partial charge in [-0.2, -0.15) is 5.10 Å². The van der Waals surface area contributed by atoms with Gasteiger partial charge >= 0.3 is 0 Å². The largest absolute Gasteiger partial charge is 0.394 e. The van der Waals surface area contributed by atoms with E-state index in [-0.39, 0.29) is 24.7 Å². The maximum Gasteiger partial charge on any atom is 0.272 e. The van der Waals surface area contributed by atoms with Gasteiger partial charge in [-0.15, -0.1) is 0 Å². The van der Waals surface area contributed by atoms with Gasteiger partial charge < -0.3 is 14.7 Å². The second kappa shape index (κ2) is 5.07. The first-order chi connectivity index (χ1) is 8.51. The van der Waals surface area contributed by atoms with Crippen LogP contribution in [0.15, 0.2) is 6.07 Å². The first kappa shape index (κ1) is 13.0. The molecule has 1 aliphatic rings. The molecule has 1 aromatic rings. The number of aliphatic hydroxyl groups excluding tert-OH is 1. The Hall–Kier alpha value is -1.40. The quantitative estimate of drug-likeness (QED) is 0.802. The Balaban J connectivity index is 2.15. The number of rotatable bonds is 2. The first-order valence-corrected chi connectivity index (χ1v) is 6.07. The average molecular weight is 253 g/mol. The van der Waals surface area contributed by atoms with Crippen LogP contribution < -0.4 is 0 Å². The number of carbonyl (C=O) groups is 1. The number of aliphatic hydroxyl groups is 1. The first-order valence-electron chi connectivity index (χ1n) is 6.07. The second-order valence-corrected chi connectivity index (χ2v) is 4.76. The number of aromatic nitrogens is 2. The van der Waals surface area contributed by atoms with Crippen LogP contribution in [0.3, 0.4) is 0 Å². The molecule has 1 fully saturated rings. The number of morpholine rings is 1. The lowest BCUT2D eigenvalue weighted by Gasteiger charge is -2.35. The highest BCUT2D eigenvalue weighted by Gasteiger charge is 2.29. The Morgan fingerprint density at radius 1 is 1.61 bits per heavy atom. The molecule has 18 heavy (non-hydrogen) atoms. The van der Waals surface area contributed by atoms with Crippen molar-refractivity contribution < 1.29 is 14.6 Å². The molecule has 1 aromatic heterocycles. The lowest BCUT2D eigenvalue weighted by Crippen LogP contribution is -2.50. The van der Waals surface area contributed by atoms with Crippen molar-refractivity contribution in [3.63, 3.8) is 0 Å². The summed E-state index contributed by atoms with van der Waals surface area (Å²) in [4.78, 5) is 14.1. The molecule has 0 aliphatic carbocycles. The van der Waals surface area contributed by atoms with E-state index in [4.69, 9.17) is 9.84 Å². The number of carbonyl (C=O) groups excluding carboxylic acids is 1. The number of ether oxygens (including phenoxy) is 1. The van der Waals surface area contributed by atoms with Crippen molar-refractivity contribution >= 4 is 5.91 Å². The zero-order valence-electron chi connectivity index (χ0n) is 11.0. The van der Waals surface area contributed by atoms with Crippen molar-refractivity contribution in [1.29, 1.82) is 0 Å². The van der Waals surface area contributed by atoms with Crippen LogP contribution in [-0.2, 0) is 11.8 Å². The molecule has 2 heterocycles. The smallest absolute Gasteiger partial charge is 0.272 e. The van der Waals surface area contributed by atoms with Gasteiger partial charge in [0.1, 0.15) is 5.69 Å². The van der Waals surface area contributed by atoms with E-state index in [1.54, 1.807) is 22.7 Å². The van der Waals surface area contributed by atoms with Crippen molar-refractivity contribution in [3.05, 3.63) is 17.5 Å². The summed E-state index contributed by atoms with van der Waals surface area (Å²) in [6.07, 6.45) is -0.360. The molecule has 1 saturated heterocycles. The number of amides is 1. The second-order valence-electron chi connectivity index (χ2n) is 4.76.